The van der Waals surface area contributed by atoms with Gasteiger partial charge in [0.15, 0.2) is 6.29 Å². The lowest BCUT2D eigenvalue weighted by Gasteiger charge is -2.45. The Labute approximate surface area is 193 Å². The summed E-state index contributed by atoms with van der Waals surface area (Å²) in [5.74, 6) is -0.808. The van der Waals surface area contributed by atoms with E-state index in [1.807, 2.05) is 0 Å². The van der Waals surface area contributed by atoms with Gasteiger partial charge in [-0.1, -0.05) is 0 Å². The molecule has 0 aromatic heterocycles. The van der Waals surface area contributed by atoms with Gasteiger partial charge in [0.25, 0.3) is 0 Å². The zero-order chi connectivity index (χ0) is 24.4. The predicted molar refractivity (Wildman–Crippen MR) is 119 cm³/mol. The van der Waals surface area contributed by atoms with Crippen molar-refractivity contribution in [3.05, 3.63) is 0 Å². The highest BCUT2D eigenvalue weighted by molar-refractivity contribution is 5.80. The van der Waals surface area contributed by atoms with E-state index in [2.05, 4.69) is 5.32 Å². The van der Waals surface area contributed by atoms with Gasteiger partial charge in [-0.2, -0.15) is 0 Å². The van der Waals surface area contributed by atoms with E-state index in [1.165, 1.54) is 0 Å². The van der Waals surface area contributed by atoms with Crippen LogP contribution >= 0.6 is 0 Å². The number of aliphatic hydroxyl groups excluding tert-OH is 2. The Morgan fingerprint density at radius 1 is 0.939 bits per heavy atom. The summed E-state index contributed by atoms with van der Waals surface area (Å²) in [6, 6.07) is -2.70. The SMILES string of the molecule is CO[C@@H]1C[C@H](NC(=O)[C@@H]2C[C@H](O[C@H]3O[C@H](CN)[C@@H](O)[C@H](O)[C@H]3N)[C@@H](N)C[C@H]2N)[C@@H](N)C[C@H]1N. The highest BCUT2D eigenvalue weighted by Crippen LogP contribution is 2.30. The molecule has 15 N–H and O–H groups in total. The van der Waals surface area contributed by atoms with Crippen LogP contribution < -0.4 is 39.7 Å². The fourth-order valence-corrected chi connectivity index (χ4v) is 5.09. The number of hydrogen-bond acceptors (Lipinski definition) is 12. The Bertz CT molecular complexity index is 660. The van der Waals surface area contributed by atoms with Crippen LogP contribution in [0.5, 0.6) is 0 Å². The molecule has 192 valence electrons. The van der Waals surface area contributed by atoms with Crippen molar-refractivity contribution in [2.24, 2.45) is 40.3 Å². The van der Waals surface area contributed by atoms with E-state index in [-0.39, 0.29) is 43.1 Å². The largest absolute Gasteiger partial charge is 0.388 e. The van der Waals surface area contributed by atoms with Crippen molar-refractivity contribution in [2.45, 2.75) is 98.7 Å². The second-order valence-corrected chi connectivity index (χ2v) is 9.61. The first-order valence-electron chi connectivity index (χ1n) is 11.6. The minimum atomic E-state index is -1.27. The molecule has 2 aliphatic carbocycles. The minimum absolute atomic E-state index is 0.0226. The Kier molecular flexibility index (Phi) is 9.02. The van der Waals surface area contributed by atoms with Gasteiger partial charge >= 0.3 is 0 Å². The number of hydrogen-bond donors (Lipinski definition) is 9. The molecule has 1 heterocycles. The Morgan fingerprint density at radius 3 is 2.21 bits per heavy atom. The summed E-state index contributed by atoms with van der Waals surface area (Å²) in [4.78, 5) is 13.1. The maximum absolute atomic E-state index is 13.1. The van der Waals surface area contributed by atoms with Gasteiger partial charge in [-0.3, -0.25) is 4.79 Å². The molecule has 33 heavy (non-hydrogen) atoms. The zero-order valence-electron chi connectivity index (χ0n) is 19.0. The van der Waals surface area contributed by atoms with Gasteiger partial charge in [0.1, 0.15) is 18.3 Å². The summed E-state index contributed by atoms with van der Waals surface area (Å²) in [5, 5.41) is 23.3. The molecule has 1 saturated heterocycles. The molecule has 0 bridgehead atoms. The predicted octanol–water partition coefficient (Wildman–Crippen LogP) is -4.88. The number of aliphatic hydroxyl groups is 2. The third-order valence-electron chi connectivity index (χ3n) is 7.31. The highest BCUT2D eigenvalue weighted by Gasteiger charge is 2.46. The Morgan fingerprint density at radius 2 is 1.58 bits per heavy atom. The topological polar surface area (TPSA) is 253 Å². The fourth-order valence-electron chi connectivity index (χ4n) is 5.09. The number of rotatable bonds is 6. The van der Waals surface area contributed by atoms with E-state index < -0.39 is 54.7 Å². The monoisotopic (exact) mass is 475 g/mol. The fraction of sp³-hybridized carbons (Fsp3) is 0.950. The molecule has 3 aliphatic rings. The van der Waals surface area contributed by atoms with Crippen molar-refractivity contribution in [3.8, 4) is 0 Å². The molecule has 1 aliphatic heterocycles. The normalized spacial score (nSPS) is 48.9. The van der Waals surface area contributed by atoms with Gasteiger partial charge in [-0.05, 0) is 25.7 Å². The molecule has 0 radical (unpaired) electrons. The molecule has 13 nitrogen and oxygen atoms in total. The van der Waals surface area contributed by atoms with Crippen molar-refractivity contribution in [2.75, 3.05) is 13.7 Å². The number of ether oxygens (including phenoxy) is 3. The lowest BCUT2D eigenvalue weighted by Crippen LogP contribution is -2.65. The average molecular weight is 476 g/mol. The molecular weight excluding hydrogens is 434 g/mol. The number of carbonyl (C=O) groups is 1. The quantitative estimate of drug-likeness (QED) is 0.175. The third kappa shape index (κ3) is 5.82. The van der Waals surface area contributed by atoms with Gasteiger partial charge in [0, 0.05) is 43.9 Å². The minimum Gasteiger partial charge on any atom is -0.388 e. The zero-order valence-corrected chi connectivity index (χ0v) is 19.0. The Hall–Kier alpha value is -0.970. The second kappa shape index (κ2) is 11.2. The first kappa shape index (κ1) is 26.6. The van der Waals surface area contributed by atoms with E-state index in [0.717, 1.165) is 0 Å². The van der Waals surface area contributed by atoms with Gasteiger partial charge < -0.3 is 64.1 Å². The summed E-state index contributed by atoms with van der Waals surface area (Å²) in [6.45, 7) is -0.0226. The van der Waals surface area contributed by atoms with Crippen LogP contribution in [0.25, 0.3) is 0 Å². The maximum atomic E-state index is 13.1. The Balaban J connectivity index is 1.64. The van der Waals surface area contributed by atoms with Crippen LogP contribution in [0.4, 0.5) is 0 Å². The lowest BCUT2D eigenvalue weighted by atomic mass is 9.79. The molecule has 1 amide bonds. The van der Waals surface area contributed by atoms with Crippen molar-refractivity contribution in [1.29, 1.82) is 0 Å². The third-order valence-corrected chi connectivity index (χ3v) is 7.31. The molecule has 0 aromatic carbocycles. The molecule has 13 heteroatoms. The van der Waals surface area contributed by atoms with Gasteiger partial charge in [-0.25, -0.2) is 0 Å². The van der Waals surface area contributed by atoms with Crippen LogP contribution in [0, 0.1) is 5.92 Å². The number of nitrogens with one attached hydrogen (secondary N) is 1. The van der Waals surface area contributed by atoms with Crippen LogP contribution in [0.1, 0.15) is 25.7 Å². The molecule has 0 unspecified atom stereocenters. The smallest absolute Gasteiger partial charge is 0.225 e. The molecule has 3 fully saturated rings. The molecule has 0 aromatic rings. The summed E-state index contributed by atoms with van der Waals surface area (Å²) < 4.78 is 17.1. The lowest BCUT2D eigenvalue weighted by molar-refractivity contribution is -0.275. The molecule has 13 atom stereocenters. The summed E-state index contributed by atoms with van der Waals surface area (Å²) in [7, 11) is 1.59. The van der Waals surface area contributed by atoms with E-state index in [1.54, 1.807) is 7.11 Å². The van der Waals surface area contributed by atoms with Crippen LogP contribution in [-0.4, -0.2) is 103 Å². The van der Waals surface area contributed by atoms with Gasteiger partial charge in [0.05, 0.1) is 24.2 Å². The summed E-state index contributed by atoms with van der Waals surface area (Å²) in [5.41, 5.74) is 36.5. The van der Waals surface area contributed by atoms with Crippen molar-refractivity contribution >= 4 is 5.91 Å². The van der Waals surface area contributed by atoms with Gasteiger partial charge in [-0.15, -0.1) is 0 Å². The van der Waals surface area contributed by atoms with Crippen molar-refractivity contribution < 1.29 is 29.2 Å². The summed E-state index contributed by atoms with van der Waals surface area (Å²) >= 11 is 0. The molecule has 0 spiro atoms. The number of amides is 1. The first-order valence-corrected chi connectivity index (χ1v) is 11.6. The number of carbonyl (C=O) groups excluding carboxylic acids is 1. The van der Waals surface area contributed by atoms with Crippen LogP contribution in [0.3, 0.4) is 0 Å². The van der Waals surface area contributed by atoms with Crippen LogP contribution in [0.15, 0.2) is 0 Å². The summed E-state index contributed by atoms with van der Waals surface area (Å²) in [6.07, 6.45) is -3.53. The number of methoxy groups -OCH3 is 1. The number of nitrogens with two attached hydrogens (primary N) is 6. The van der Waals surface area contributed by atoms with Gasteiger partial charge in [0.2, 0.25) is 5.91 Å². The van der Waals surface area contributed by atoms with E-state index in [9.17, 15) is 15.0 Å². The molecular formula is C20H41N7O6. The van der Waals surface area contributed by atoms with E-state index >= 15 is 0 Å². The molecule has 2 saturated carbocycles. The maximum Gasteiger partial charge on any atom is 0.225 e. The van der Waals surface area contributed by atoms with Crippen molar-refractivity contribution in [3.63, 3.8) is 0 Å². The van der Waals surface area contributed by atoms with E-state index in [0.29, 0.717) is 19.3 Å². The standard InChI is InChI=1S/C20H41N7O6/c1-31-13-5-12(9(23)4-10(13)24)27-19(30)7-2-14(11(25)3-8(7)22)32-20-16(26)18(29)17(28)15(6-21)33-20/h7-18,20,28-29H,2-6,21-26H2,1H3,(H,27,30)/t7-,8-,9+,10-,11+,12+,13-,14+,15-,16-,17-,18-,20+/m1/s1. The molecule has 3 rings (SSSR count). The second-order valence-electron chi connectivity index (χ2n) is 9.61. The van der Waals surface area contributed by atoms with Crippen LogP contribution in [-0.2, 0) is 19.0 Å². The average Bonchev–Trinajstić information content (AvgIpc) is 2.77. The first-order chi connectivity index (χ1) is 15.6. The van der Waals surface area contributed by atoms with E-state index in [4.69, 9.17) is 48.6 Å². The van der Waals surface area contributed by atoms with Crippen molar-refractivity contribution in [1.82, 2.24) is 5.32 Å². The highest BCUT2D eigenvalue weighted by atomic mass is 16.7. The van der Waals surface area contributed by atoms with Crippen LogP contribution in [0.2, 0.25) is 0 Å².